The highest BCUT2D eigenvalue weighted by atomic mass is 79.9. The molecule has 0 aliphatic rings. The maximum absolute atomic E-state index is 12.3. The molecule has 19 heavy (non-hydrogen) atoms. The van der Waals surface area contributed by atoms with Gasteiger partial charge in [-0.25, -0.2) is 8.42 Å². The molecule has 0 spiro atoms. The van der Waals surface area contributed by atoms with Crippen LogP contribution in [0, 0.1) is 6.92 Å². The minimum atomic E-state index is -3.69. The van der Waals surface area contributed by atoms with Crippen molar-refractivity contribution in [2.45, 2.75) is 11.8 Å². The fourth-order valence-electron chi connectivity index (χ4n) is 1.57. The number of benzene rings is 2. The standard InChI is InChI=1S/C13H11BrClNO2S/c1-9-6-7-10(14)8-12(9)16-19(17,18)13-5-3-2-4-11(13)15/h2-8,16H,1H3. The van der Waals surface area contributed by atoms with E-state index < -0.39 is 10.0 Å². The summed E-state index contributed by atoms with van der Waals surface area (Å²) in [5.74, 6) is 0. The molecule has 0 aromatic heterocycles. The number of rotatable bonds is 3. The SMILES string of the molecule is Cc1ccc(Br)cc1NS(=O)(=O)c1ccccc1Cl. The van der Waals surface area contributed by atoms with Gasteiger partial charge < -0.3 is 0 Å². The molecule has 3 nitrogen and oxygen atoms in total. The van der Waals surface area contributed by atoms with E-state index in [2.05, 4.69) is 20.7 Å². The molecule has 0 aliphatic carbocycles. The van der Waals surface area contributed by atoms with Crippen molar-refractivity contribution in [2.24, 2.45) is 0 Å². The summed E-state index contributed by atoms with van der Waals surface area (Å²) in [5, 5.41) is 0.197. The van der Waals surface area contributed by atoms with Gasteiger partial charge >= 0.3 is 0 Å². The van der Waals surface area contributed by atoms with Crippen LogP contribution in [0.4, 0.5) is 5.69 Å². The molecule has 100 valence electrons. The number of anilines is 1. The molecule has 0 aliphatic heterocycles. The zero-order valence-electron chi connectivity index (χ0n) is 10.0. The summed E-state index contributed by atoms with van der Waals surface area (Å²) in [4.78, 5) is 0.0658. The first kappa shape index (κ1) is 14.4. The second-order valence-corrected chi connectivity index (χ2v) is 6.97. The monoisotopic (exact) mass is 359 g/mol. The Labute approximate surface area is 125 Å². The second-order valence-electron chi connectivity index (χ2n) is 4.00. The minimum absolute atomic E-state index is 0.0658. The molecule has 0 radical (unpaired) electrons. The minimum Gasteiger partial charge on any atom is -0.279 e. The normalized spacial score (nSPS) is 11.3. The van der Waals surface area contributed by atoms with Gasteiger partial charge in [-0.2, -0.15) is 0 Å². The van der Waals surface area contributed by atoms with E-state index in [4.69, 9.17) is 11.6 Å². The van der Waals surface area contributed by atoms with Crippen molar-refractivity contribution in [1.82, 2.24) is 0 Å². The summed E-state index contributed by atoms with van der Waals surface area (Å²) < 4.78 is 27.9. The lowest BCUT2D eigenvalue weighted by molar-refractivity contribution is 0.601. The number of hydrogen-bond donors (Lipinski definition) is 1. The lowest BCUT2D eigenvalue weighted by Gasteiger charge is -2.11. The fraction of sp³-hybridized carbons (Fsp3) is 0.0769. The van der Waals surface area contributed by atoms with Gasteiger partial charge in [0.25, 0.3) is 10.0 Å². The van der Waals surface area contributed by atoms with E-state index in [-0.39, 0.29) is 9.92 Å². The van der Waals surface area contributed by atoms with Crippen LogP contribution in [0.3, 0.4) is 0 Å². The van der Waals surface area contributed by atoms with Crippen molar-refractivity contribution in [3.63, 3.8) is 0 Å². The Kier molecular flexibility index (Phi) is 4.18. The molecule has 0 saturated heterocycles. The van der Waals surface area contributed by atoms with Crippen LogP contribution >= 0.6 is 27.5 Å². The van der Waals surface area contributed by atoms with Gasteiger partial charge in [0.05, 0.1) is 10.7 Å². The largest absolute Gasteiger partial charge is 0.279 e. The molecule has 0 bridgehead atoms. The number of sulfonamides is 1. The van der Waals surface area contributed by atoms with E-state index >= 15 is 0 Å². The predicted octanol–water partition coefficient (Wildman–Crippen LogP) is 4.21. The van der Waals surface area contributed by atoms with E-state index in [0.29, 0.717) is 5.69 Å². The van der Waals surface area contributed by atoms with Gasteiger partial charge in [-0.15, -0.1) is 0 Å². The zero-order chi connectivity index (χ0) is 14.0. The van der Waals surface area contributed by atoms with Crippen molar-refractivity contribution in [1.29, 1.82) is 0 Å². The molecule has 0 heterocycles. The zero-order valence-corrected chi connectivity index (χ0v) is 13.2. The topological polar surface area (TPSA) is 46.2 Å². The van der Waals surface area contributed by atoms with Crippen LogP contribution in [-0.4, -0.2) is 8.42 Å². The first-order chi connectivity index (χ1) is 8.90. The Morgan fingerprint density at radius 2 is 1.84 bits per heavy atom. The van der Waals surface area contributed by atoms with Crippen LogP contribution in [-0.2, 0) is 10.0 Å². The molecular formula is C13H11BrClNO2S. The Bertz CT molecular complexity index is 716. The predicted molar refractivity (Wildman–Crippen MR) is 81.1 cm³/mol. The van der Waals surface area contributed by atoms with Gasteiger partial charge in [0.1, 0.15) is 4.90 Å². The van der Waals surface area contributed by atoms with Crippen molar-refractivity contribution >= 4 is 43.2 Å². The van der Waals surface area contributed by atoms with Crippen molar-refractivity contribution in [2.75, 3.05) is 4.72 Å². The third kappa shape index (κ3) is 3.29. The van der Waals surface area contributed by atoms with Crippen LogP contribution in [0.15, 0.2) is 51.8 Å². The smallest absolute Gasteiger partial charge is 0.263 e. The number of hydrogen-bond acceptors (Lipinski definition) is 2. The van der Waals surface area contributed by atoms with Crippen LogP contribution in [0.1, 0.15) is 5.56 Å². The van der Waals surface area contributed by atoms with Gasteiger partial charge in [0.2, 0.25) is 0 Å². The highest BCUT2D eigenvalue weighted by molar-refractivity contribution is 9.10. The maximum Gasteiger partial charge on any atom is 0.263 e. The molecule has 0 unspecified atom stereocenters. The Hall–Kier alpha value is -1.04. The summed E-state index contributed by atoms with van der Waals surface area (Å²) in [6, 6.07) is 11.7. The van der Waals surface area contributed by atoms with E-state index in [1.807, 2.05) is 19.1 Å². The van der Waals surface area contributed by atoms with Crippen LogP contribution < -0.4 is 4.72 Å². The molecule has 6 heteroatoms. The van der Waals surface area contributed by atoms with Crippen LogP contribution in [0.5, 0.6) is 0 Å². The molecule has 2 rings (SSSR count). The Balaban J connectivity index is 2.43. The lowest BCUT2D eigenvalue weighted by atomic mass is 10.2. The molecule has 0 amide bonds. The molecular weight excluding hydrogens is 350 g/mol. The second kappa shape index (κ2) is 5.53. The highest BCUT2D eigenvalue weighted by Crippen LogP contribution is 2.26. The van der Waals surface area contributed by atoms with Gasteiger partial charge in [0, 0.05) is 4.47 Å². The fourth-order valence-corrected chi connectivity index (χ4v) is 3.57. The Morgan fingerprint density at radius 3 is 2.53 bits per heavy atom. The number of nitrogens with one attached hydrogen (secondary N) is 1. The number of halogens is 2. The molecule has 1 N–H and O–H groups in total. The first-order valence-corrected chi connectivity index (χ1v) is 8.09. The van der Waals surface area contributed by atoms with Crippen LogP contribution in [0.25, 0.3) is 0 Å². The Morgan fingerprint density at radius 1 is 1.16 bits per heavy atom. The van der Waals surface area contributed by atoms with Crippen molar-refractivity contribution < 1.29 is 8.42 Å². The summed E-state index contributed by atoms with van der Waals surface area (Å²) in [6.45, 7) is 1.83. The number of aryl methyl sites for hydroxylation is 1. The van der Waals surface area contributed by atoms with E-state index in [1.54, 1.807) is 24.3 Å². The van der Waals surface area contributed by atoms with Crippen LogP contribution in [0.2, 0.25) is 5.02 Å². The summed E-state index contributed by atoms with van der Waals surface area (Å²) in [7, 11) is -3.69. The maximum atomic E-state index is 12.3. The van der Waals surface area contributed by atoms with Gasteiger partial charge in [-0.05, 0) is 36.8 Å². The molecule has 0 saturated carbocycles. The molecule has 0 atom stereocenters. The average molecular weight is 361 g/mol. The summed E-state index contributed by atoms with van der Waals surface area (Å²) >= 11 is 9.23. The molecule has 0 fully saturated rings. The van der Waals surface area contributed by atoms with E-state index in [1.165, 1.54) is 6.07 Å². The first-order valence-electron chi connectivity index (χ1n) is 5.43. The van der Waals surface area contributed by atoms with Gasteiger partial charge in [0.15, 0.2) is 0 Å². The van der Waals surface area contributed by atoms with Gasteiger partial charge in [-0.3, -0.25) is 4.72 Å². The van der Waals surface area contributed by atoms with E-state index in [0.717, 1.165) is 10.0 Å². The third-order valence-corrected chi connectivity index (χ3v) is 4.93. The molecule has 2 aromatic carbocycles. The third-order valence-electron chi connectivity index (χ3n) is 2.57. The van der Waals surface area contributed by atoms with E-state index in [9.17, 15) is 8.42 Å². The van der Waals surface area contributed by atoms with Crippen molar-refractivity contribution in [3.05, 3.63) is 57.5 Å². The lowest BCUT2D eigenvalue weighted by Crippen LogP contribution is -2.14. The average Bonchev–Trinajstić information content (AvgIpc) is 2.34. The summed E-state index contributed by atoms with van der Waals surface area (Å²) in [5.41, 5.74) is 1.35. The van der Waals surface area contributed by atoms with Gasteiger partial charge in [-0.1, -0.05) is 45.7 Å². The quantitative estimate of drug-likeness (QED) is 0.891. The summed E-state index contributed by atoms with van der Waals surface area (Å²) in [6.07, 6.45) is 0. The highest BCUT2D eigenvalue weighted by Gasteiger charge is 2.18. The van der Waals surface area contributed by atoms with Crippen molar-refractivity contribution in [3.8, 4) is 0 Å². The molecule has 2 aromatic rings.